The Morgan fingerprint density at radius 3 is 2.85 bits per heavy atom. The summed E-state index contributed by atoms with van der Waals surface area (Å²) in [4.78, 5) is 25.4. The van der Waals surface area contributed by atoms with Crippen molar-refractivity contribution in [3.8, 4) is 5.69 Å². The van der Waals surface area contributed by atoms with Gasteiger partial charge < -0.3 is 20.5 Å². The van der Waals surface area contributed by atoms with Gasteiger partial charge in [-0.3, -0.25) is 4.79 Å². The van der Waals surface area contributed by atoms with Crippen molar-refractivity contribution >= 4 is 40.6 Å². The minimum atomic E-state index is -0.524. The standard InChI is InChI=1S/C24H21ClFN7O/c1-27-23(34)17-11-15(26)6-8-19(17)31-22-18(25)13-29-24(32-22)30-16-7-5-14-3-2-4-21-28-9-10-33(21)20(14)12-16/h5-13H,2-4H2,1H3,(H,27,34)(H2,29,30,31,32). The number of aromatic nitrogens is 4. The molecule has 0 spiro atoms. The number of carbonyl (C=O) groups excluding carboxylic acids is 1. The molecule has 0 bridgehead atoms. The Labute approximate surface area is 200 Å². The third-order valence-electron chi connectivity index (χ3n) is 5.62. The maximum absolute atomic E-state index is 13.7. The first-order chi connectivity index (χ1) is 16.5. The van der Waals surface area contributed by atoms with Crippen LogP contribution in [0.2, 0.25) is 5.02 Å². The molecule has 0 aliphatic carbocycles. The van der Waals surface area contributed by atoms with E-state index in [0.29, 0.717) is 11.6 Å². The fourth-order valence-corrected chi connectivity index (χ4v) is 4.11. The van der Waals surface area contributed by atoms with E-state index >= 15 is 0 Å². The van der Waals surface area contributed by atoms with Crippen molar-refractivity contribution in [2.24, 2.45) is 0 Å². The van der Waals surface area contributed by atoms with Crippen LogP contribution in [0.25, 0.3) is 5.69 Å². The van der Waals surface area contributed by atoms with Gasteiger partial charge >= 0.3 is 0 Å². The van der Waals surface area contributed by atoms with Crippen LogP contribution in [0.5, 0.6) is 0 Å². The normalized spacial score (nSPS) is 12.3. The Bertz CT molecular complexity index is 1390. The highest BCUT2D eigenvalue weighted by Gasteiger charge is 2.16. The van der Waals surface area contributed by atoms with Gasteiger partial charge in [-0.05, 0) is 48.7 Å². The third-order valence-corrected chi connectivity index (χ3v) is 5.89. The Morgan fingerprint density at radius 1 is 1.12 bits per heavy atom. The van der Waals surface area contributed by atoms with E-state index < -0.39 is 11.7 Å². The van der Waals surface area contributed by atoms with Crippen LogP contribution in [0.15, 0.2) is 55.0 Å². The Kier molecular flexibility index (Phi) is 5.85. The zero-order chi connectivity index (χ0) is 23.7. The number of anilines is 4. The number of carbonyl (C=O) groups is 1. The number of hydrogen-bond donors (Lipinski definition) is 3. The maximum atomic E-state index is 13.7. The number of aryl methyl sites for hydroxylation is 2. The van der Waals surface area contributed by atoms with Crippen molar-refractivity contribution in [3.63, 3.8) is 0 Å². The van der Waals surface area contributed by atoms with Gasteiger partial charge in [0.2, 0.25) is 5.95 Å². The summed E-state index contributed by atoms with van der Waals surface area (Å²) in [6.07, 6.45) is 8.20. The summed E-state index contributed by atoms with van der Waals surface area (Å²) < 4.78 is 15.8. The summed E-state index contributed by atoms with van der Waals surface area (Å²) in [6.45, 7) is 0. The van der Waals surface area contributed by atoms with Crippen LogP contribution in [0.3, 0.4) is 0 Å². The van der Waals surface area contributed by atoms with Gasteiger partial charge in [0, 0.05) is 31.5 Å². The minimum Gasteiger partial charge on any atom is -0.355 e. The summed E-state index contributed by atoms with van der Waals surface area (Å²) in [6, 6.07) is 9.98. The van der Waals surface area contributed by atoms with E-state index in [0.717, 1.165) is 42.5 Å². The number of fused-ring (bicyclic) bond motifs is 3. The van der Waals surface area contributed by atoms with Gasteiger partial charge in [0.25, 0.3) is 5.91 Å². The number of imidazole rings is 1. The summed E-state index contributed by atoms with van der Waals surface area (Å²) in [7, 11) is 1.48. The van der Waals surface area contributed by atoms with Gasteiger partial charge in [0.05, 0.1) is 23.1 Å². The van der Waals surface area contributed by atoms with Crippen molar-refractivity contribution in [2.45, 2.75) is 19.3 Å². The lowest BCUT2D eigenvalue weighted by atomic mass is 10.1. The molecule has 8 nitrogen and oxygen atoms in total. The van der Waals surface area contributed by atoms with Crippen molar-refractivity contribution in [3.05, 3.63) is 82.8 Å². The van der Waals surface area contributed by atoms with E-state index in [-0.39, 0.29) is 16.4 Å². The zero-order valence-corrected chi connectivity index (χ0v) is 19.0. The first-order valence-corrected chi connectivity index (χ1v) is 11.1. The van der Waals surface area contributed by atoms with Crippen molar-refractivity contribution < 1.29 is 9.18 Å². The predicted molar refractivity (Wildman–Crippen MR) is 129 cm³/mol. The lowest BCUT2D eigenvalue weighted by molar-refractivity contribution is 0.0963. The summed E-state index contributed by atoms with van der Waals surface area (Å²) >= 11 is 6.30. The lowest BCUT2D eigenvalue weighted by Gasteiger charge is -2.14. The number of nitrogens with zero attached hydrogens (tertiary/aromatic N) is 4. The predicted octanol–water partition coefficient (Wildman–Crippen LogP) is 4.79. The van der Waals surface area contributed by atoms with Gasteiger partial charge in [-0.1, -0.05) is 17.7 Å². The van der Waals surface area contributed by atoms with Gasteiger partial charge in [-0.25, -0.2) is 14.4 Å². The van der Waals surface area contributed by atoms with Crippen LogP contribution >= 0.6 is 11.6 Å². The molecule has 2 aromatic carbocycles. The third kappa shape index (κ3) is 4.29. The molecule has 2 aromatic heterocycles. The molecule has 0 radical (unpaired) electrons. The first kappa shape index (κ1) is 21.8. The molecule has 34 heavy (non-hydrogen) atoms. The molecule has 1 aliphatic rings. The quantitative estimate of drug-likeness (QED) is 0.382. The molecule has 1 aliphatic heterocycles. The first-order valence-electron chi connectivity index (χ1n) is 10.8. The van der Waals surface area contributed by atoms with E-state index in [9.17, 15) is 9.18 Å². The van der Waals surface area contributed by atoms with Crippen molar-refractivity contribution in [1.82, 2.24) is 24.8 Å². The van der Waals surface area contributed by atoms with Crippen LogP contribution in [0.1, 0.15) is 28.2 Å². The molecule has 3 heterocycles. The number of hydrogen-bond acceptors (Lipinski definition) is 6. The number of rotatable bonds is 5. The number of amides is 1. The highest BCUT2D eigenvalue weighted by atomic mass is 35.5. The van der Waals surface area contributed by atoms with Crippen LogP contribution in [-0.2, 0) is 12.8 Å². The van der Waals surface area contributed by atoms with Crippen molar-refractivity contribution in [2.75, 3.05) is 17.7 Å². The highest BCUT2D eigenvalue weighted by Crippen LogP contribution is 2.30. The largest absolute Gasteiger partial charge is 0.355 e. The zero-order valence-electron chi connectivity index (χ0n) is 18.3. The van der Waals surface area contributed by atoms with Gasteiger partial charge in [0.15, 0.2) is 5.82 Å². The Hall–Kier alpha value is -3.98. The number of nitrogens with one attached hydrogen (secondary N) is 3. The smallest absolute Gasteiger partial charge is 0.253 e. The summed E-state index contributed by atoms with van der Waals surface area (Å²) in [5.41, 5.74) is 3.63. The average Bonchev–Trinajstić information content (AvgIpc) is 3.24. The Balaban J connectivity index is 1.44. The van der Waals surface area contributed by atoms with Crippen LogP contribution in [0, 0.1) is 5.82 Å². The van der Waals surface area contributed by atoms with Crippen LogP contribution < -0.4 is 16.0 Å². The molecular weight excluding hydrogens is 457 g/mol. The topological polar surface area (TPSA) is 96.8 Å². The van der Waals surface area contributed by atoms with E-state index in [1.807, 2.05) is 24.5 Å². The molecule has 0 atom stereocenters. The second-order valence-electron chi connectivity index (χ2n) is 7.82. The van der Waals surface area contributed by atoms with Gasteiger partial charge in [-0.2, -0.15) is 4.98 Å². The highest BCUT2D eigenvalue weighted by molar-refractivity contribution is 6.33. The molecule has 1 amide bonds. The molecule has 0 unspecified atom stereocenters. The minimum absolute atomic E-state index is 0.133. The summed E-state index contributed by atoms with van der Waals surface area (Å²) in [5, 5.41) is 8.98. The lowest BCUT2D eigenvalue weighted by Crippen LogP contribution is -2.19. The molecule has 0 saturated heterocycles. The molecule has 10 heteroatoms. The number of benzene rings is 2. The second kappa shape index (κ2) is 9.11. The second-order valence-corrected chi connectivity index (χ2v) is 8.23. The molecule has 0 fully saturated rings. The maximum Gasteiger partial charge on any atom is 0.253 e. The van der Waals surface area contributed by atoms with E-state index in [1.54, 1.807) is 0 Å². The van der Waals surface area contributed by atoms with Crippen molar-refractivity contribution in [1.29, 1.82) is 0 Å². The SMILES string of the molecule is CNC(=O)c1cc(F)ccc1Nc1nc(Nc2ccc3c(c2)-n2ccnc2CCC3)ncc1Cl. The van der Waals surface area contributed by atoms with E-state index in [2.05, 4.69) is 41.5 Å². The van der Waals surface area contributed by atoms with E-state index in [1.165, 1.54) is 30.9 Å². The fraction of sp³-hybridized carbons (Fsp3) is 0.167. The van der Waals surface area contributed by atoms with Crippen LogP contribution in [-0.4, -0.2) is 32.5 Å². The average molecular weight is 478 g/mol. The molecule has 3 N–H and O–H groups in total. The molecule has 0 saturated carbocycles. The van der Waals surface area contributed by atoms with E-state index in [4.69, 9.17) is 11.6 Å². The van der Waals surface area contributed by atoms with Gasteiger partial charge in [-0.15, -0.1) is 0 Å². The molecule has 172 valence electrons. The Morgan fingerprint density at radius 2 is 2.00 bits per heavy atom. The number of halogens is 2. The van der Waals surface area contributed by atoms with Crippen LogP contribution in [0.4, 0.5) is 27.5 Å². The molecular formula is C24H21ClFN7O. The molecule has 5 rings (SSSR count). The van der Waals surface area contributed by atoms with Gasteiger partial charge in [0.1, 0.15) is 16.7 Å². The monoisotopic (exact) mass is 477 g/mol. The molecule has 4 aromatic rings. The summed E-state index contributed by atoms with van der Waals surface area (Å²) in [5.74, 6) is 0.674. The fourth-order valence-electron chi connectivity index (χ4n) is 3.97.